The van der Waals surface area contributed by atoms with Gasteiger partial charge in [-0.1, -0.05) is 6.92 Å². The van der Waals surface area contributed by atoms with E-state index in [9.17, 15) is 4.79 Å². The molecule has 0 radical (unpaired) electrons. The predicted molar refractivity (Wildman–Crippen MR) is 61.5 cm³/mol. The second-order valence-corrected chi connectivity index (χ2v) is 4.84. The summed E-state index contributed by atoms with van der Waals surface area (Å²) in [6.07, 6.45) is 3.02. The summed E-state index contributed by atoms with van der Waals surface area (Å²) < 4.78 is 1.71. The molecule has 1 aromatic heterocycles. The van der Waals surface area contributed by atoms with E-state index in [0.29, 0.717) is 25.3 Å². The summed E-state index contributed by atoms with van der Waals surface area (Å²) in [4.78, 5) is 12.0. The highest BCUT2D eigenvalue weighted by Crippen LogP contribution is 2.45. The Balaban J connectivity index is 1.94. The van der Waals surface area contributed by atoms with E-state index >= 15 is 0 Å². The number of rotatable bonds is 3. The number of nitrogens with one attached hydrogen (secondary N) is 1. The molecule has 5 nitrogen and oxygen atoms in total. The fourth-order valence-electron chi connectivity index (χ4n) is 2.37. The third-order valence-corrected chi connectivity index (χ3v) is 3.40. The van der Waals surface area contributed by atoms with Gasteiger partial charge in [0.1, 0.15) is 5.41 Å². The highest BCUT2D eigenvalue weighted by atomic mass is 16.2. The molecule has 90 valence electrons. The molecule has 1 N–H and O–H groups in total. The largest absolute Gasteiger partial charge is 0.349 e. The van der Waals surface area contributed by atoms with Gasteiger partial charge in [-0.15, -0.1) is 0 Å². The van der Waals surface area contributed by atoms with Crippen LogP contribution in [0.5, 0.6) is 0 Å². The van der Waals surface area contributed by atoms with Crippen LogP contribution in [-0.2, 0) is 18.4 Å². The fraction of sp³-hybridized carbons (Fsp3) is 0.583. The standard InChI is InChI=1S/C12H16N4O/c1-9-5-12(6-9,8-13)11(17)14-7-10-3-4-15-16(10)2/h3-4,9H,5-7H2,1-2H3,(H,14,17). The number of aryl methyl sites for hydroxylation is 1. The van der Waals surface area contributed by atoms with Crippen LogP contribution in [0, 0.1) is 22.7 Å². The third kappa shape index (κ3) is 2.03. The molecule has 1 amide bonds. The molecule has 0 spiro atoms. The molecule has 1 aliphatic carbocycles. The molecule has 0 atom stereocenters. The van der Waals surface area contributed by atoms with E-state index in [2.05, 4.69) is 23.4 Å². The van der Waals surface area contributed by atoms with Crippen molar-refractivity contribution in [1.82, 2.24) is 15.1 Å². The average molecular weight is 232 g/mol. The van der Waals surface area contributed by atoms with E-state index in [1.165, 1.54) is 0 Å². The van der Waals surface area contributed by atoms with Gasteiger partial charge in [0.15, 0.2) is 0 Å². The van der Waals surface area contributed by atoms with E-state index in [1.807, 2.05) is 13.1 Å². The van der Waals surface area contributed by atoms with E-state index in [-0.39, 0.29) is 5.91 Å². The first-order chi connectivity index (χ1) is 8.07. The van der Waals surface area contributed by atoms with Gasteiger partial charge in [0.25, 0.3) is 0 Å². The van der Waals surface area contributed by atoms with Gasteiger partial charge in [-0.2, -0.15) is 10.4 Å². The van der Waals surface area contributed by atoms with Crippen LogP contribution in [0.4, 0.5) is 0 Å². The zero-order chi connectivity index (χ0) is 12.5. The first-order valence-corrected chi connectivity index (χ1v) is 5.74. The molecule has 0 saturated heterocycles. The summed E-state index contributed by atoms with van der Waals surface area (Å²) in [5.41, 5.74) is 0.136. The maximum atomic E-state index is 12.0. The van der Waals surface area contributed by atoms with Gasteiger partial charge in [0, 0.05) is 13.2 Å². The highest BCUT2D eigenvalue weighted by Gasteiger charge is 2.48. The lowest BCUT2D eigenvalue weighted by Crippen LogP contribution is -2.48. The van der Waals surface area contributed by atoms with Crippen molar-refractivity contribution in [3.63, 3.8) is 0 Å². The summed E-state index contributed by atoms with van der Waals surface area (Å²) in [5.74, 6) is 0.316. The van der Waals surface area contributed by atoms with Gasteiger partial charge in [0.05, 0.1) is 18.3 Å². The van der Waals surface area contributed by atoms with Crippen molar-refractivity contribution in [1.29, 1.82) is 5.26 Å². The summed E-state index contributed by atoms with van der Waals surface area (Å²) in [5, 5.41) is 15.9. The second kappa shape index (κ2) is 4.21. The smallest absolute Gasteiger partial charge is 0.240 e. The normalized spacial score (nSPS) is 27.0. The summed E-state index contributed by atoms with van der Waals surface area (Å²) in [6, 6.07) is 4.01. The predicted octanol–water partition coefficient (Wildman–Crippen LogP) is 0.976. The molecule has 17 heavy (non-hydrogen) atoms. The van der Waals surface area contributed by atoms with Gasteiger partial charge >= 0.3 is 0 Å². The molecular weight excluding hydrogens is 216 g/mol. The Morgan fingerprint density at radius 1 is 1.76 bits per heavy atom. The Morgan fingerprint density at radius 2 is 2.47 bits per heavy atom. The van der Waals surface area contributed by atoms with Gasteiger partial charge in [-0.3, -0.25) is 9.48 Å². The summed E-state index contributed by atoms with van der Waals surface area (Å²) >= 11 is 0. The van der Waals surface area contributed by atoms with Crippen LogP contribution in [0.15, 0.2) is 12.3 Å². The number of hydrogen-bond donors (Lipinski definition) is 1. The van der Waals surface area contributed by atoms with Crippen molar-refractivity contribution in [2.24, 2.45) is 18.4 Å². The van der Waals surface area contributed by atoms with Crippen molar-refractivity contribution in [2.75, 3.05) is 0 Å². The second-order valence-electron chi connectivity index (χ2n) is 4.84. The highest BCUT2D eigenvalue weighted by molar-refractivity contribution is 5.86. The minimum atomic E-state index is -0.794. The number of amides is 1. The zero-order valence-corrected chi connectivity index (χ0v) is 10.1. The molecule has 0 aromatic carbocycles. The molecule has 2 rings (SSSR count). The Morgan fingerprint density at radius 3 is 2.94 bits per heavy atom. The van der Waals surface area contributed by atoms with Crippen molar-refractivity contribution < 1.29 is 4.79 Å². The molecular formula is C12H16N4O. The lowest BCUT2D eigenvalue weighted by molar-refractivity contribution is -0.134. The quantitative estimate of drug-likeness (QED) is 0.844. The van der Waals surface area contributed by atoms with Crippen LogP contribution in [0.2, 0.25) is 0 Å². The van der Waals surface area contributed by atoms with E-state index < -0.39 is 5.41 Å². The molecule has 1 saturated carbocycles. The van der Waals surface area contributed by atoms with Gasteiger partial charge < -0.3 is 5.32 Å². The minimum Gasteiger partial charge on any atom is -0.349 e. The number of nitrogens with zero attached hydrogens (tertiary/aromatic N) is 3. The molecule has 1 heterocycles. The number of nitriles is 1. The van der Waals surface area contributed by atoms with E-state index in [1.54, 1.807) is 10.9 Å². The Bertz CT molecular complexity index is 465. The average Bonchev–Trinajstić information content (AvgIpc) is 2.67. The number of hydrogen-bond acceptors (Lipinski definition) is 3. The number of carbonyl (C=O) groups is 1. The van der Waals surface area contributed by atoms with Crippen LogP contribution >= 0.6 is 0 Å². The SMILES string of the molecule is CC1CC(C#N)(C(=O)NCc2ccnn2C)C1. The van der Waals surface area contributed by atoms with Gasteiger partial charge in [-0.05, 0) is 24.8 Å². The summed E-state index contributed by atoms with van der Waals surface area (Å²) in [6.45, 7) is 2.48. The van der Waals surface area contributed by atoms with Crippen molar-refractivity contribution in [3.05, 3.63) is 18.0 Å². The Kier molecular flexibility index (Phi) is 2.88. The molecule has 1 fully saturated rings. The Labute approximate surface area is 100 Å². The maximum Gasteiger partial charge on any atom is 0.240 e. The zero-order valence-electron chi connectivity index (χ0n) is 10.1. The van der Waals surface area contributed by atoms with Gasteiger partial charge in [-0.25, -0.2) is 0 Å². The summed E-state index contributed by atoms with van der Waals surface area (Å²) in [7, 11) is 1.83. The minimum absolute atomic E-state index is 0.153. The molecule has 0 aliphatic heterocycles. The van der Waals surface area contributed by atoms with Crippen LogP contribution < -0.4 is 5.32 Å². The van der Waals surface area contributed by atoms with Crippen molar-refractivity contribution in [2.45, 2.75) is 26.3 Å². The van der Waals surface area contributed by atoms with E-state index in [0.717, 1.165) is 5.69 Å². The topological polar surface area (TPSA) is 70.7 Å². The molecule has 0 unspecified atom stereocenters. The van der Waals surface area contributed by atoms with Crippen LogP contribution in [-0.4, -0.2) is 15.7 Å². The van der Waals surface area contributed by atoms with Crippen LogP contribution in [0.3, 0.4) is 0 Å². The maximum absolute atomic E-state index is 12.0. The first-order valence-electron chi connectivity index (χ1n) is 5.74. The van der Waals surface area contributed by atoms with Crippen LogP contribution in [0.1, 0.15) is 25.5 Å². The van der Waals surface area contributed by atoms with Gasteiger partial charge in [0.2, 0.25) is 5.91 Å². The van der Waals surface area contributed by atoms with Crippen molar-refractivity contribution in [3.8, 4) is 6.07 Å². The molecule has 1 aromatic rings. The monoisotopic (exact) mass is 232 g/mol. The molecule has 5 heteroatoms. The lowest BCUT2D eigenvalue weighted by atomic mass is 9.63. The molecule has 1 aliphatic rings. The number of carbonyl (C=O) groups excluding carboxylic acids is 1. The molecule has 0 bridgehead atoms. The number of aromatic nitrogens is 2. The van der Waals surface area contributed by atoms with E-state index in [4.69, 9.17) is 5.26 Å². The first kappa shape index (κ1) is 11.6. The fourth-order valence-corrected chi connectivity index (χ4v) is 2.37. The third-order valence-electron chi connectivity index (χ3n) is 3.40. The Hall–Kier alpha value is -1.83. The van der Waals surface area contributed by atoms with Crippen LogP contribution in [0.25, 0.3) is 0 Å². The van der Waals surface area contributed by atoms with Crippen molar-refractivity contribution >= 4 is 5.91 Å². The lowest BCUT2D eigenvalue weighted by Gasteiger charge is -2.39.